The van der Waals surface area contributed by atoms with Crippen LogP contribution in [0, 0.1) is 5.82 Å². The standard InChI is InChI=1S/C18H23FN2O3S/c1-20(2)25(22,23)18-6-4-5-15(13-18)14-21(3)11-12-24-17-9-7-16(19)8-10-17/h4-10,13H,11-12,14H2,1-3H3. The Labute approximate surface area is 148 Å². The zero-order chi connectivity index (χ0) is 18.4. The number of sulfonamides is 1. The fourth-order valence-corrected chi connectivity index (χ4v) is 3.23. The van der Waals surface area contributed by atoms with Crippen molar-refractivity contribution in [2.24, 2.45) is 0 Å². The van der Waals surface area contributed by atoms with Crippen LogP contribution >= 0.6 is 0 Å². The van der Waals surface area contributed by atoms with Crippen molar-refractivity contribution in [1.29, 1.82) is 0 Å². The second-order valence-electron chi connectivity index (χ2n) is 5.97. The molecule has 0 amide bonds. The summed E-state index contributed by atoms with van der Waals surface area (Å²) in [4.78, 5) is 2.32. The molecule has 25 heavy (non-hydrogen) atoms. The van der Waals surface area contributed by atoms with E-state index in [9.17, 15) is 12.8 Å². The highest BCUT2D eigenvalue weighted by atomic mass is 32.2. The molecule has 0 saturated heterocycles. The van der Waals surface area contributed by atoms with Crippen LogP contribution in [0.3, 0.4) is 0 Å². The normalized spacial score (nSPS) is 11.9. The highest BCUT2D eigenvalue weighted by Crippen LogP contribution is 2.16. The minimum absolute atomic E-state index is 0.283. The van der Waals surface area contributed by atoms with E-state index in [-0.39, 0.29) is 10.7 Å². The molecule has 2 rings (SSSR count). The zero-order valence-electron chi connectivity index (χ0n) is 14.6. The predicted molar refractivity (Wildman–Crippen MR) is 95.5 cm³/mol. The van der Waals surface area contributed by atoms with Gasteiger partial charge in [-0.2, -0.15) is 0 Å². The number of ether oxygens (including phenoxy) is 1. The van der Waals surface area contributed by atoms with Crippen LogP contribution in [0.15, 0.2) is 53.4 Å². The van der Waals surface area contributed by atoms with Crippen molar-refractivity contribution in [1.82, 2.24) is 9.21 Å². The van der Waals surface area contributed by atoms with Crippen molar-refractivity contribution in [3.63, 3.8) is 0 Å². The lowest BCUT2D eigenvalue weighted by molar-refractivity contribution is 0.232. The molecule has 0 N–H and O–H groups in total. The summed E-state index contributed by atoms with van der Waals surface area (Å²) in [6.45, 7) is 1.71. The van der Waals surface area contributed by atoms with E-state index >= 15 is 0 Å². The van der Waals surface area contributed by atoms with Crippen LogP contribution in [-0.4, -0.2) is 51.9 Å². The van der Waals surface area contributed by atoms with Gasteiger partial charge in [0.25, 0.3) is 0 Å². The Kier molecular flexibility index (Phi) is 6.52. The Balaban J connectivity index is 1.90. The molecule has 0 radical (unpaired) electrons. The van der Waals surface area contributed by atoms with Gasteiger partial charge in [-0.1, -0.05) is 12.1 Å². The smallest absolute Gasteiger partial charge is 0.242 e. The van der Waals surface area contributed by atoms with E-state index in [1.54, 1.807) is 30.3 Å². The minimum atomic E-state index is -3.43. The van der Waals surface area contributed by atoms with Crippen LogP contribution in [0.4, 0.5) is 4.39 Å². The molecule has 0 heterocycles. The van der Waals surface area contributed by atoms with Gasteiger partial charge in [-0.05, 0) is 49.0 Å². The third kappa shape index (κ3) is 5.52. The first-order valence-corrected chi connectivity index (χ1v) is 9.31. The Morgan fingerprint density at radius 1 is 1.04 bits per heavy atom. The van der Waals surface area contributed by atoms with Crippen LogP contribution in [0.2, 0.25) is 0 Å². The lowest BCUT2D eigenvalue weighted by Crippen LogP contribution is -2.25. The van der Waals surface area contributed by atoms with E-state index in [0.717, 1.165) is 5.56 Å². The Morgan fingerprint density at radius 2 is 1.72 bits per heavy atom. The molecule has 0 bridgehead atoms. The second-order valence-corrected chi connectivity index (χ2v) is 8.13. The van der Waals surface area contributed by atoms with Crippen molar-refractivity contribution >= 4 is 10.0 Å². The first-order chi connectivity index (χ1) is 11.8. The van der Waals surface area contributed by atoms with E-state index in [2.05, 4.69) is 0 Å². The monoisotopic (exact) mass is 366 g/mol. The van der Waals surface area contributed by atoms with Gasteiger partial charge in [-0.15, -0.1) is 0 Å². The molecule has 2 aromatic rings. The number of hydrogen-bond donors (Lipinski definition) is 0. The van der Waals surface area contributed by atoms with Gasteiger partial charge in [-0.3, -0.25) is 4.90 Å². The van der Waals surface area contributed by atoms with Crippen LogP contribution < -0.4 is 4.74 Å². The van der Waals surface area contributed by atoms with E-state index in [1.165, 1.54) is 30.5 Å². The van der Waals surface area contributed by atoms with Gasteiger partial charge in [0, 0.05) is 27.2 Å². The molecular weight excluding hydrogens is 343 g/mol. The summed E-state index contributed by atoms with van der Waals surface area (Å²) in [6.07, 6.45) is 0. The maximum absolute atomic E-state index is 12.8. The fraction of sp³-hybridized carbons (Fsp3) is 0.333. The summed E-state index contributed by atoms with van der Waals surface area (Å²) >= 11 is 0. The van der Waals surface area contributed by atoms with E-state index in [1.807, 2.05) is 18.0 Å². The SMILES string of the molecule is CN(CCOc1ccc(F)cc1)Cc1cccc(S(=O)(=O)N(C)C)c1. The third-order valence-electron chi connectivity index (χ3n) is 3.68. The predicted octanol–water partition coefficient (Wildman–Crippen LogP) is 2.59. The molecule has 0 aliphatic rings. The zero-order valence-corrected chi connectivity index (χ0v) is 15.5. The molecule has 0 aromatic heterocycles. The maximum Gasteiger partial charge on any atom is 0.242 e. The molecule has 0 aliphatic carbocycles. The molecular formula is C18H23FN2O3S. The molecule has 0 atom stereocenters. The van der Waals surface area contributed by atoms with Crippen molar-refractivity contribution in [3.05, 3.63) is 59.9 Å². The quantitative estimate of drug-likeness (QED) is 0.721. The van der Waals surface area contributed by atoms with Crippen LogP contribution in [0.1, 0.15) is 5.56 Å². The molecule has 0 aliphatic heterocycles. The molecule has 7 heteroatoms. The molecule has 136 valence electrons. The first-order valence-electron chi connectivity index (χ1n) is 7.87. The average Bonchev–Trinajstić information content (AvgIpc) is 2.56. The largest absolute Gasteiger partial charge is 0.492 e. The number of benzene rings is 2. The number of nitrogens with zero attached hydrogens (tertiary/aromatic N) is 2. The Hall–Kier alpha value is -1.96. The first kappa shape index (κ1) is 19.4. The summed E-state index contributed by atoms with van der Waals surface area (Å²) in [5.41, 5.74) is 0.909. The van der Waals surface area contributed by atoms with Gasteiger partial charge in [0.2, 0.25) is 10.0 Å². The second kappa shape index (κ2) is 8.42. The van der Waals surface area contributed by atoms with Crippen molar-refractivity contribution in [3.8, 4) is 5.75 Å². The highest BCUT2D eigenvalue weighted by Gasteiger charge is 2.17. The minimum Gasteiger partial charge on any atom is -0.492 e. The number of halogens is 1. The molecule has 0 spiro atoms. The molecule has 2 aromatic carbocycles. The number of rotatable bonds is 8. The number of likely N-dealkylation sites (N-methyl/N-ethyl adjacent to an activating group) is 1. The Bertz CT molecular complexity index is 792. The maximum atomic E-state index is 12.8. The molecule has 0 unspecified atom stereocenters. The van der Waals surface area contributed by atoms with Gasteiger partial charge in [-0.25, -0.2) is 17.1 Å². The lowest BCUT2D eigenvalue weighted by atomic mass is 10.2. The van der Waals surface area contributed by atoms with Crippen LogP contribution in [0.5, 0.6) is 5.75 Å². The molecule has 5 nitrogen and oxygen atoms in total. The highest BCUT2D eigenvalue weighted by molar-refractivity contribution is 7.89. The summed E-state index contributed by atoms with van der Waals surface area (Å²) in [7, 11) is 1.53. The summed E-state index contributed by atoms with van der Waals surface area (Å²) in [5, 5.41) is 0. The van der Waals surface area contributed by atoms with Crippen molar-refractivity contribution in [2.75, 3.05) is 34.3 Å². The van der Waals surface area contributed by atoms with Gasteiger partial charge < -0.3 is 4.74 Å². The lowest BCUT2D eigenvalue weighted by Gasteiger charge is -2.18. The van der Waals surface area contributed by atoms with E-state index in [0.29, 0.717) is 25.4 Å². The van der Waals surface area contributed by atoms with Gasteiger partial charge in [0.05, 0.1) is 4.90 Å². The van der Waals surface area contributed by atoms with Crippen LogP contribution in [0.25, 0.3) is 0 Å². The average molecular weight is 366 g/mol. The topological polar surface area (TPSA) is 49.9 Å². The van der Waals surface area contributed by atoms with Gasteiger partial charge in [0.1, 0.15) is 18.2 Å². The number of hydrogen-bond acceptors (Lipinski definition) is 4. The van der Waals surface area contributed by atoms with Crippen molar-refractivity contribution < 1.29 is 17.5 Å². The summed E-state index contributed by atoms with van der Waals surface area (Å²) in [5.74, 6) is 0.325. The molecule has 0 saturated carbocycles. The molecule has 0 fully saturated rings. The fourth-order valence-electron chi connectivity index (χ4n) is 2.26. The summed E-state index contributed by atoms with van der Waals surface area (Å²) < 4.78 is 44.0. The van der Waals surface area contributed by atoms with E-state index in [4.69, 9.17) is 4.74 Å². The van der Waals surface area contributed by atoms with Gasteiger partial charge >= 0.3 is 0 Å². The third-order valence-corrected chi connectivity index (χ3v) is 5.50. The Morgan fingerprint density at radius 3 is 2.36 bits per heavy atom. The van der Waals surface area contributed by atoms with Gasteiger partial charge in [0.15, 0.2) is 0 Å². The summed E-state index contributed by atoms with van der Waals surface area (Å²) in [6, 6.07) is 12.8. The van der Waals surface area contributed by atoms with Crippen LogP contribution in [-0.2, 0) is 16.6 Å². The van der Waals surface area contributed by atoms with E-state index < -0.39 is 10.0 Å². The van der Waals surface area contributed by atoms with Crippen molar-refractivity contribution in [2.45, 2.75) is 11.4 Å².